The van der Waals surface area contributed by atoms with Gasteiger partial charge in [-0.15, -0.1) is 10.2 Å². The molecule has 0 aliphatic rings. The molecule has 1 aromatic heterocycles. The maximum Gasteiger partial charge on any atom is 0.299 e. The third-order valence-corrected chi connectivity index (χ3v) is 3.77. The van der Waals surface area contributed by atoms with Gasteiger partial charge in [0, 0.05) is 5.39 Å². The maximum atomic E-state index is 12.4. The van der Waals surface area contributed by atoms with Crippen molar-refractivity contribution in [3.63, 3.8) is 0 Å². The number of ether oxygens (including phenoxy) is 1. The van der Waals surface area contributed by atoms with E-state index in [1.165, 1.54) is 0 Å². The van der Waals surface area contributed by atoms with Crippen LogP contribution in [0.15, 0.2) is 58.8 Å². The summed E-state index contributed by atoms with van der Waals surface area (Å²) in [5.74, 6) is -0.148. The zero-order chi connectivity index (χ0) is 17.6. The molecule has 0 radical (unpaired) electrons. The van der Waals surface area contributed by atoms with Crippen molar-refractivity contribution in [2.24, 2.45) is 10.2 Å². The first kappa shape index (κ1) is 16.7. The van der Waals surface area contributed by atoms with Crippen LogP contribution in [-0.4, -0.2) is 22.6 Å². The quantitative estimate of drug-likeness (QED) is 0.491. The zero-order valence-electron chi connectivity index (χ0n) is 13.9. The summed E-state index contributed by atoms with van der Waals surface area (Å²) in [7, 11) is 0. The van der Waals surface area contributed by atoms with Crippen molar-refractivity contribution in [2.75, 3.05) is 6.61 Å². The van der Waals surface area contributed by atoms with Crippen molar-refractivity contribution in [3.05, 3.63) is 54.1 Å². The fourth-order valence-electron chi connectivity index (χ4n) is 2.46. The first-order valence-electron chi connectivity index (χ1n) is 8.18. The number of benzene rings is 2. The van der Waals surface area contributed by atoms with Gasteiger partial charge in [0.1, 0.15) is 5.75 Å². The second-order valence-corrected chi connectivity index (χ2v) is 5.57. The minimum absolute atomic E-state index is 0.120. The Labute approximate surface area is 145 Å². The summed E-state index contributed by atoms with van der Waals surface area (Å²) in [4.78, 5) is 15.2. The van der Waals surface area contributed by atoms with Gasteiger partial charge in [0.25, 0.3) is 5.91 Å². The number of hydrogen-bond donors (Lipinski definition) is 2. The van der Waals surface area contributed by atoms with Crippen LogP contribution in [0.5, 0.6) is 11.6 Å². The van der Waals surface area contributed by atoms with Gasteiger partial charge in [-0.3, -0.25) is 4.79 Å². The Bertz CT molecular complexity index is 915. The van der Waals surface area contributed by atoms with Crippen molar-refractivity contribution in [1.82, 2.24) is 4.98 Å². The van der Waals surface area contributed by atoms with Gasteiger partial charge in [0.15, 0.2) is 5.69 Å². The number of fused-ring (bicyclic) bond motifs is 1. The molecular weight excluding hydrogens is 318 g/mol. The van der Waals surface area contributed by atoms with Gasteiger partial charge in [-0.1, -0.05) is 43.7 Å². The van der Waals surface area contributed by atoms with Gasteiger partial charge in [-0.05, 0) is 24.6 Å². The van der Waals surface area contributed by atoms with Gasteiger partial charge in [-0.25, -0.2) is 0 Å². The van der Waals surface area contributed by atoms with Crippen LogP contribution < -0.4 is 4.74 Å². The Kier molecular flexibility index (Phi) is 5.09. The predicted octanol–water partition coefficient (Wildman–Crippen LogP) is 4.98. The van der Waals surface area contributed by atoms with Crippen LogP contribution in [0.25, 0.3) is 10.9 Å². The van der Waals surface area contributed by atoms with Gasteiger partial charge >= 0.3 is 0 Å². The fourth-order valence-corrected chi connectivity index (χ4v) is 2.46. The number of nitrogens with zero attached hydrogens (tertiary/aromatic N) is 2. The topological polar surface area (TPSA) is 87.0 Å². The Hall–Kier alpha value is -3.15. The molecule has 0 aliphatic heterocycles. The van der Waals surface area contributed by atoms with E-state index in [1.54, 1.807) is 30.3 Å². The smallest absolute Gasteiger partial charge is 0.299 e. The molecule has 0 unspecified atom stereocenters. The first-order chi connectivity index (χ1) is 12.2. The molecule has 25 heavy (non-hydrogen) atoms. The Morgan fingerprint density at radius 2 is 1.92 bits per heavy atom. The molecule has 0 saturated heterocycles. The molecule has 3 aromatic rings. The number of amides is 1. The second-order valence-electron chi connectivity index (χ2n) is 5.57. The number of aromatic hydroxyl groups is 1. The number of rotatable bonds is 6. The average Bonchev–Trinajstić information content (AvgIpc) is 2.95. The molecule has 0 fully saturated rings. The van der Waals surface area contributed by atoms with Crippen LogP contribution in [0.4, 0.5) is 5.69 Å². The number of unbranched alkanes of at least 4 members (excludes halogenated alkanes) is 1. The molecule has 0 aliphatic carbocycles. The molecule has 6 heteroatoms. The highest BCUT2D eigenvalue weighted by molar-refractivity contribution is 5.98. The molecule has 2 aromatic carbocycles. The summed E-state index contributed by atoms with van der Waals surface area (Å²) in [6, 6.07) is 14.2. The van der Waals surface area contributed by atoms with E-state index < -0.39 is 5.91 Å². The summed E-state index contributed by atoms with van der Waals surface area (Å²) in [6.45, 7) is 2.61. The van der Waals surface area contributed by atoms with E-state index in [-0.39, 0.29) is 11.6 Å². The summed E-state index contributed by atoms with van der Waals surface area (Å²) in [5, 5.41) is 18.4. The van der Waals surface area contributed by atoms with Crippen molar-refractivity contribution in [1.29, 1.82) is 0 Å². The lowest BCUT2D eigenvalue weighted by Gasteiger charge is -2.08. The molecule has 0 bridgehead atoms. The molecular formula is C19H19N3O3. The van der Waals surface area contributed by atoms with Crippen LogP contribution in [0, 0.1) is 0 Å². The van der Waals surface area contributed by atoms with Gasteiger partial charge in [0.2, 0.25) is 5.88 Å². The number of para-hydroxylation sites is 2. The number of aromatic nitrogens is 1. The molecule has 0 saturated carbocycles. The van der Waals surface area contributed by atoms with Crippen LogP contribution in [-0.2, 0) is 0 Å². The fraction of sp³-hybridized carbons (Fsp3) is 0.211. The lowest BCUT2D eigenvalue weighted by Crippen LogP contribution is -2.03. The molecule has 2 N–H and O–H groups in total. The monoisotopic (exact) mass is 337 g/mol. The second kappa shape index (κ2) is 7.61. The van der Waals surface area contributed by atoms with Crippen LogP contribution in [0.1, 0.15) is 30.1 Å². The summed E-state index contributed by atoms with van der Waals surface area (Å²) in [5.41, 5.74) is 1.32. The van der Waals surface area contributed by atoms with Gasteiger partial charge in [0.05, 0.1) is 17.7 Å². The SMILES string of the molecule is CCCCOc1ccccc1C(=O)N=Nc1c(O)[nH]c2ccccc12. The zero-order valence-corrected chi connectivity index (χ0v) is 13.9. The molecule has 128 valence electrons. The summed E-state index contributed by atoms with van der Waals surface area (Å²) >= 11 is 0. The number of H-pyrrole nitrogens is 1. The minimum atomic E-state index is -0.517. The minimum Gasteiger partial charge on any atom is -0.493 e. The molecule has 0 spiro atoms. The van der Waals surface area contributed by atoms with E-state index in [2.05, 4.69) is 22.1 Å². The first-order valence-corrected chi connectivity index (χ1v) is 8.18. The average molecular weight is 337 g/mol. The number of hydrogen-bond acceptors (Lipinski definition) is 4. The Morgan fingerprint density at radius 1 is 1.16 bits per heavy atom. The molecule has 1 amide bonds. The maximum absolute atomic E-state index is 12.4. The normalized spacial score (nSPS) is 11.2. The third kappa shape index (κ3) is 3.68. The van der Waals surface area contributed by atoms with E-state index in [0.29, 0.717) is 23.3 Å². The number of carbonyl (C=O) groups is 1. The molecule has 6 nitrogen and oxygen atoms in total. The van der Waals surface area contributed by atoms with Crippen molar-refractivity contribution < 1.29 is 14.6 Å². The highest BCUT2D eigenvalue weighted by atomic mass is 16.5. The van der Waals surface area contributed by atoms with Crippen LogP contribution >= 0.6 is 0 Å². The highest BCUT2D eigenvalue weighted by Gasteiger charge is 2.14. The van der Waals surface area contributed by atoms with Crippen molar-refractivity contribution >= 4 is 22.5 Å². The lowest BCUT2D eigenvalue weighted by atomic mass is 10.2. The van der Waals surface area contributed by atoms with E-state index >= 15 is 0 Å². The molecule has 1 heterocycles. The van der Waals surface area contributed by atoms with Gasteiger partial charge in [-0.2, -0.15) is 0 Å². The third-order valence-electron chi connectivity index (χ3n) is 3.77. The van der Waals surface area contributed by atoms with E-state index in [9.17, 15) is 9.90 Å². The summed E-state index contributed by atoms with van der Waals surface area (Å²) in [6.07, 6.45) is 1.92. The van der Waals surface area contributed by atoms with Crippen molar-refractivity contribution in [3.8, 4) is 11.6 Å². The standard InChI is InChI=1S/C19H19N3O3/c1-2-3-12-25-16-11-7-5-9-14(16)18(23)22-21-17-13-8-4-6-10-15(13)20-19(17)24/h4-11,20,24H,2-3,12H2,1H3. The van der Waals surface area contributed by atoms with E-state index in [0.717, 1.165) is 18.4 Å². The van der Waals surface area contributed by atoms with E-state index in [4.69, 9.17) is 4.74 Å². The molecule has 0 atom stereocenters. The number of carbonyl (C=O) groups excluding carboxylic acids is 1. The van der Waals surface area contributed by atoms with E-state index in [1.807, 2.05) is 18.2 Å². The number of nitrogens with one attached hydrogen (secondary N) is 1. The molecule has 3 rings (SSSR count). The largest absolute Gasteiger partial charge is 0.493 e. The van der Waals surface area contributed by atoms with Gasteiger partial charge < -0.3 is 14.8 Å². The number of azo groups is 1. The van der Waals surface area contributed by atoms with Crippen LogP contribution in [0.2, 0.25) is 0 Å². The Morgan fingerprint density at radius 3 is 2.76 bits per heavy atom. The van der Waals surface area contributed by atoms with Crippen molar-refractivity contribution in [2.45, 2.75) is 19.8 Å². The van der Waals surface area contributed by atoms with Crippen LogP contribution in [0.3, 0.4) is 0 Å². The highest BCUT2D eigenvalue weighted by Crippen LogP contribution is 2.35. The number of aromatic amines is 1. The summed E-state index contributed by atoms with van der Waals surface area (Å²) < 4.78 is 5.65. The predicted molar refractivity (Wildman–Crippen MR) is 95.7 cm³/mol. The lowest BCUT2D eigenvalue weighted by molar-refractivity contribution is 0.0991. The Balaban J connectivity index is 1.84.